The Balaban J connectivity index is 1.36. The van der Waals surface area contributed by atoms with Crippen LogP contribution >= 0.6 is 11.6 Å². The Morgan fingerprint density at radius 3 is 2.54 bits per heavy atom. The Morgan fingerprint density at radius 1 is 1.09 bits per heavy atom. The van der Waals surface area contributed by atoms with Crippen LogP contribution in [-0.2, 0) is 4.79 Å². The predicted octanol–water partition coefficient (Wildman–Crippen LogP) is 4.73. The van der Waals surface area contributed by atoms with Crippen LogP contribution in [0.25, 0.3) is 11.1 Å². The van der Waals surface area contributed by atoms with Gasteiger partial charge in [-0.25, -0.2) is 9.97 Å². The van der Waals surface area contributed by atoms with Crippen molar-refractivity contribution in [2.45, 2.75) is 44.6 Å². The Kier molecular flexibility index (Phi) is 6.88. The van der Waals surface area contributed by atoms with E-state index in [0.717, 1.165) is 38.8 Å². The number of pyridine rings is 2. The van der Waals surface area contributed by atoms with Gasteiger partial charge in [-0.15, -0.1) is 0 Å². The number of rotatable bonds is 6. The fraction of sp³-hybridized carbons (Fsp3) is 0.440. The van der Waals surface area contributed by atoms with E-state index in [1.165, 1.54) is 26.1 Å². The molecular weight excluding hydrogens is 470 g/mol. The number of hydrogen-bond donors (Lipinski definition) is 2. The van der Waals surface area contributed by atoms with Crippen LogP contribution in [0.3, 0.4) is 0 Å². The number of fused-ring (bicyclic) bond motifs is 1. The lowest BCUT2D eigenvalue weighted by Gasteiger charge is -2.33. The molecule has 10 heteroatoms. The summed E-state index contributed by atoms with van der Waals surface area (Å²) in [6, 6.07) is 7.07. The van der Waals surface area contributed by atoms with Crippen molar-refractivity contribution in [1.82, 2.24) is 14.9 Å². The van der Waals surface area contributed by atoms with Crippen molar-refractivity contribution in [3.63, 3.8) is 0 Å². The maximum atomic E-state index is 13.3. The van der Waals surface area contributed by atoms with Crippen molar-refractivity contribution in [2.24, 2.45) is 5.92 Å². The molecule has 2 amide bonds. The van der Waals surface area contributed by atoms with Crippen LogP contribution in [0.4, 0.5) is 11.5 Å². The van der Waals surface area contributed by atoms with Crippen LogP contribution < -0.4 is 15.4 Å². The molecule has 2 fully saturated rings. The quantitative estimate of drug-likeness (QED) is 0.506. The van der Waals surface area contributed by atoms with Crippen molar-refractivity contribution in [3.05, 3.63) is 41.2 Å². The second kappa shape index (κ2) is 10.2. The Labute approximate surface area is 208 Å². The summed E-state index contributed by atoms with van der Waals surface area (Å²) in [7, 11) is 1.51. The van der Waals surface area contributed by atoms with E-state index >= 15 is 0 Å². The molecule has 35 heavy (non-hydrogen) atoms. The SMILES string of the molecule is COc1ccc2oc(C(=O)Nc3ccc(Cl)cn3)c(NC(=O)C3CCC(N4CCCC4)CC3)c2n1. The standard InChI is InChI=1S/C25H28ClN5O4/c1-34-20-11-9-18-21(29-20)22(23(35-18)25(33)28-19-10-6-16(26)14-27-19)30-24(32)15-4-7-17(8-5-15)31-12-2-3-13-31/h6,9-11,14-15,17H,2-5,7-8,12-13H2,1H3,(H,30,32)(H,27,28,33). The molecule has 0 aromatic carbocycles. The minimum absolute atomic E-state index is 0.0448. The molecule has 0 atom stereocenters. The molecule has 0 bridgehead atoms. The monoisotopic (exact) mass is 497 g/mol. The molecule has 9 nitrogen and oxygen atoms in total. The summed E-state index contributed by atoms with van der Waals surface area (Å²) < 4.78 is 11.1. The summed E-state index contributed by atoms with van der Waals surface area (Å²) in [5.74, 6) is -0.190. The molecule has 0 unspecified atom stereocenters. The zero-order valence-corrected chi connectivity index (χ0v) is 20.3. The zero-order valence-electron chi connectivity index (χ0n) is 19.6. The van der Waals surface area contributed by atoms with Gasteiger partial charge in [-0.1, -0.05) is 11.6 Å². The average molecular weight is 498 g/mol. The lowest BCUT2D eigenvalue weighted by atomic mass is 9.85. The number of carbonyl (C=O) groups excluding carboxylic acids is 2. The van der Waals surface area contributed by atoms with Gasteiger partial charge >= 0.3 is 0 Å². The molecular formula is C25H28ClN5O4. The highest BCUT2D eigenvalue weighted by atomic mass is 35.5. The van der Waals surface area contributed by atoms with Gasteiger partial charge in [0.05, 0.1) is 12.1 Å². The largest absolute Gasteiger partial charge is 0.481 e. The lowest BCUT2D eigenvalue weighted by molar-refractivity contribution is -0.121. The molecule has 1 aliphatic carbocycles. The summed E-state index contributed by atoms with van der Waals surface area (Å²) in [6.07, 6.45) is 7.61. The predicted molar refractivity (Wildman–Crippen MR) is 133 cm³/mol. The molecule has 2 aliphatic rings. The number of amides is 2. The number of nitrogens with one attached hydrogen (secondary N) is 2. The van der Waals surface area contributed by atoms with E-state index in [9.17, 15) is 9.59 Å². The fourth-order valence-electron chi connectivity index (χ4n) is 5.01. The van der Waals surface area contributed by atoms with Crippen molar-refractivity contribution in [1.29, 1.82) is 0 Å². The van der Waals surface area contributed by atoms with Gasteiger partial charge in [-0.2, -0.15) is 0 Å². The Bertz CT molecular complexity index is 1210. The van der Waals surface area contributed by atoms with Gasteiger partial charge in [-0.05, 0) is 69.8 Å². The first kappa shape index (κ1) is 23.6. The first-order valence-corrected chi connectivity index (χ1v) is 12.3. The Morgan fingerprint density at radius 2 is 1.86 bits per heavy atom. The van der Waals surface area contributed by atoms with E-state index in [0.29, 0.717) is 33.9 Å². The highest BCUT2D eigenvalue weighted by Gasteiger charge is 2.32. The maximum absolute atomic E-state index is 13.3. The molecule has 1 saturated heterocycles. The van der Waals surface area contributed by atoms with E-state index in [2.05, 4.69) is 25.5 Å². The van der Waals surface area contributed by atoms with E-state index in [-0.39, 0.29) is 23.3 Å². The van der Waals surface area contributed by atoms with Crippen molar-refractivity contribution < 1.29 is 18.7 Å². The van der Waals surface area contributed by atoms with Gasteiger partial charge in [0.15, 0.2) is 5.58 Å². The van der Waals surface area contributed by atoms with E-state index in [4.69, 9.17) is 20.8 Å². The van der Waals surface area contributed by atoms with Crippen LogP contribution in [0.15, 0.2) is 34.9 Å². The summed E-state index contributed by atoms with van der Waals surface area (Å²) in [5, 5.41) is 6.09. The van der Waals surface area contributed by atoms with Gasteiger partial charge in [0.2, 0.25) is 17.5 Å². The molecule has 3 aromatic rings. The number of nitrogens with zero attached hydrogens (tertiary/aromatic N) is 3. The van der Waals surface area contributed by atoms with Crippen LogP contribution in [0.1, 0.15) is 49.1 Å². The normalized spacial score (nSPS) is 20.6. The van der Waals surface area contributed by atoms with Crippen LogP contribution in [0.2, 0.25) is 5.02 Å². The van der Waals surface area contributed by atoms with Gasteiger partial charge in [0.25, 0.3) is 5.91 Å². The van der Waals surface area contributed by atoms with Gasteiger partial charge in [0, 0.05) is 24.2 Å². The second-order valence-corrected chi connectivity index (χ2v) is 9.50. The van der Waals surface area contributed by atoms with Crippen molar-refractivity contribution >= 4 is 46.0 Å². The minimum Gasteiger partial charge on any atom is -0.481 e. The number of halogens is 1. The molecule has 3 aromatic heterocycles. The first-order chi connectivity index (χ1) is 17.0. The number of aromatic nitrogens is 2. The third-order valence-corrected chi connectivity index (χ3v) is 7.09. The number of hydrogen-bond acceptors (Lipinski definition) is 7. The summed E-state index contributed by atoms with van der Waals surface area (Å²) >= 11 is 5.89. The number of methoxy groups -OCH3 is 1. The third kappa shape index (κ3) is 5.11. The number of anilines is 2. The summed E-state index contributed by atoms with van der Waals surface area (Å²) in [4.78, 5) is 37.5. The zero-order chi connectivity index (χ0) is 24.4. The van der Waals surface area contributed by atoms with Gasteiger partial charge in [-0.3, -0.25) is 9.59 Å². The number of ether oxygens (including phenoxy) is 1. The maximum Gasteiger partial charge on any atom is 0.294 e. The van der Waals surface area contributed by atoms with E-state index in [1.54, 1.807) is 24.3 Å². The molecule has 0 radical (unpaired) electrons. The average Bonchev–Trinajstić information content (AvgIpc) is 3.54. The van der Waals surface area contributed by atoms with Crippen LogP contribution in [0.5, 0.6) is 5.88 Å². The number of carbonyl (C=O) groups is 2. The minimum atomic E-state index is -0.551. The molecule has 0 spiro atoms. The number of likely N-dealkylation sites (tertiary alicyclic amines) is 1. The second-order valence-electron chi connectivity index (χ2n) is 9.06. The van der Waals surface area contributed by atoms with E-state index in [1.807, 2.05) is 0 Å². The van der Waals surface area contributed by atoms with Crippen molar-refractivity contribution in [3.8, 4) is 5.88 Å². The molecule has 5 rings (SSSR count). The summed E-state index contributed by atoms with van der Waals surface area (Å²) in [5.41, 5.74) is 0.961. The number of furan rings is 1. The molecule has 1 saturated carbocycles. The molecule has 184 valence electrons. The van der Waals surface area contributed by atoms with Crippen molar-refractivity contribution in [2.75, 3.05) is 30.8 Å². The van der Waals surface area contributed by atoms with Gasteiger partial charge < -0.3 is 24.7 Å². The van der Waals surface area contributed by atoms with Crippen LogP contribution in [-0.4, -0.2) is 52.9 Å². The molecule has 4 heterocycles. The summed E-state index contributed by atoms with van der Waals surface area (Å²) in [6.45, 7) is 2.33. The smallest absolute Gasteiger partial charge is 0.294 e. The lowest BCUT2D eigenvalue weighted by Crippen LogP contribution is -2.38. The molecule has 2 N–H and O–H groups in total. The van der Waals surface area contributed by atoms with Gasteiger partial charge in [0.1, 0.15) is 17.0 Å². The van der Waals surface area contributed by atoms with E-state index < -0.39 is 5.91 Å². The van der Waals surface area contributed by atoms with Crippen LogP contribution in [0, 0.1) is 5.92 Å². The first-order valence-electron chi connectivity index (χ1n) is 12.0. The topological polar surface area (TPSA) is 110 Å². The fourth-order valence-corrected chi connectivity index (χ4v) is 5.12. The Hall–Kier alpha value is -3.17. The highest BCUT2D eigenvalue weighted by molar-refractivity contribution is 6.30. The third-order valence-electron chi connectivity index (χ3n) is 6.87. The molecule has 1 aliphatic heterocycles. The highest BCUT2D eigenvalue weighted by Crippen LogP contribution is 2.34.